The lowest BCUT2D eigenvalue weighted by Crippen LogP contribution is -2.11. The molecule has 0 bridgehead atoms. The molecule has 0 aliphatic heterocycles. The quantitative estimate of drug-likeness (QED) is 0.660. The maximum atomic E-state index is 11.9. The monoisotopic (exact) mass is 308 g/mol. The second kappa shape index (κ2) is 4.55. The fourth-order valence-electron chi connectivity index (χ4n) is 1.10. The summed E-state index contributed by atoms with van der Waals surface area (Å²) in [5.74, 6) is 0.155. The van der Waals surface area contributed by atoms with E-state index in [2.05, 4.69) is 14.9 Å². The minimum Gasteiger partial charge on any atom is -0.263 e. The van der Waals surface area contributed by atoms with E-state index in [-0.39, 0.29) is 14.4 Å². The summed E-state index contributed by atoms with van der Waals surface area (Å²) in [6.45, 7) is 0. The van der Waals surface area contributed by atoms with Crippen molar-refractivity contribution in [1.29, 1.82) is 0 Å². The predicted molar refractivity (Wildman–Crippen MR) is 65.4 cm³/mol. The standard InChI is InChI=1S/C7H5ClN4O4S2/c8-7-4(12(13)14)3-6(17-7)18(15,16)11-5-1-2-9-10-5/h1-3H,(H2,9,10,11). The van der Waals surface area contributed by atoms with Crippen LogP contribution in [0.25, 0.3) is 0 Å². The van der Waals surface area contributed by atoms with Crippen molar-refractivity contribution >= 4 is 44.5 Å². The molecule has 96 valence electrons. The molecule has 0 aliphatic carbocycles. The summed E-state index contributed by atoms with van der Waals surface area (Å²) in [6.07, 6.45) is 1.36. The Kier molecular flexibility index (Phi) is 3.24. The molecule has 0 aromatic carbocycles. The van der Waals surface area contributed by atoms with Gasteiger partial charge in [-0.3, -0.25) is 19.9 Å². The van der Waals surface area contributed by atoms with Crippen LogP contribution in [-0.4, -0.2) is 23.5 Å². The molecule has 0 radical (unpaired) electrons. The lowest BCUT2D eigenvalue weighted by molar-refractivity contribution is -0.384. The maximum absolute atomic E-state index is 11.9. The number of nitrogens with one attached hydrogen (secondary N) is 2. The highest BCUT2D eigenvalue weighted by Crippen LogP contribution is 2.36. The topological polar surface area (TPSA) is 118 Å². The zero-order valence-electron chi connectivity index (χ0n) is 8.45. The van der Waals surface area contributed by atoms with Crippen molar-refractivity contribution in [3.05, 3.63) is 32.8 Å². The molecule has 2 rings (SSSR count). The lowest BCUT2D eigenvalue weighted by atomic mass is 10.6. The van der Waals surface area contributed by atoms with Gasteiger partial charge in [0.05, 0.1) is 11.1 Å². The minimum absolute atomic E-state index is 0.155. The van der Waals surface area contributed by atoms with E-state index < -0.39 is 20.6 Å². The number of aromatic nitrogens is 2. The minimum atomic E-state index is -3.91. The van der Waals surface area contributed by atoms with Crippen molar-refractivity contribution in [2.24, 2.45) is 0 Å². The van der Waals surface area contributed by atoms with Crippen LogP contribution in [0.2, 0.25) is 4.34 Å². The molecule has 2 N–H and O–H groups in total. The number of hydrogen-bond donors (Lipinski definition) is 2. The van der Waals surface area contributed by atoms with Crippen molar-refractivity contribution in [3.63, 3.8) is 0 Å². The Morgan fingerprint density at radius 1 is 1.56 bits per heavy atom. The van der Waals surface area contributed by atoms with Gasteiger partial charge in [0.15, 0.2) is 4.34 Å². The van der Waals surface area contributed by atoms with Crippen molar-refractivity contribution in [1.82, 2.24) is 10.2 Å². The van der Waals surface area contributed by atoms with E-state index in [1.54, 1.807) is 0 Å². The van der Waals surface area contributed by atoms with E-state index in [1.807, 2.05) is 0 Å². The molecule has 18 heavy (non-hydrogen) atoms. The first kappa shape index (κ1) is 12.8. The van der Waals surface area contributed by atoms with Gasteiger partial charge in [0.1, 0.15) is 10.0 Å². The van der Waals surface area contributed by atoms with Crippen LogP contribution < -0.4 is 4.72 Å². The third-order valence-corrected chi connectivity index (χ3v) is 5.03. The number of nitrogens with zero attached hydrogens (tertiary/aromatic N) is 2. The molecule has 0 spiro atoms. The molecule has 11 heteroatoms. The van der Waals surface area contributed by atoms with Gasteiger partial charge in [-0.1, -0.05) is 11.6 Å². The summed E-state index contributed by atoms with van der Waals surface area (Å²) in [6, 6.07) is 2.31. The van der Waals surface area contributed by atoms with Crippen LogP contribution in [0.4, 0.5) is 11.5 Å². The molecule has 0 saturated carbocycles. The molecule has 8 nitrogen and oxygen atoms in total. The number of H-pyrrole nitrogens is 1. The van der Waals surface area contributed by atoms with Crippen molar-refractivity contribution < 1.29 is 13.3 Å². The van der Waals surface area contributed by atoms with E-state index in [0.29, 0.717) is 11.3 Å². The van der Waals surface area contributed by atoms with Crippen LogP contribution in [0.15, 0.2) is 22.5 Å². The number of anilines is 1. The van der Waals surface area contributed by atoms with Crippen LogP contribution in [0.5, 0.6) is 0 Å². The maximum Gasteiger partial charge on any atom is 0.300 e. The number of rotatable bonds is 4. The van der Waals surface area contributed by atoms with Crippen molar-refractivity contribution in [2.75, 3.05) is 4.72 Å². The summed E-state index contributed by atoms with van der Waals surface area (Å²) < 4.78 is 25.5. The van der Waals surface area contributed by atoms with Crippen LogP contribution in [0.3, 0.4) is 0 Å². The summed E-state index contributed by atoms with van der Waals surface area (Å²) in [5.41, 5.74) is -0.438. The number of thiophene rings is 1. The smallest absolute Gasteiger partial charge is 0.263 e. The zero-order chi connectivity index (χ0) is 13.3. The second-order valence-corrected chi connectivity index (χ2v) is 6.62. The van der Waals surface area contributed by atoms with Crippen LogP contribution >= 0.6 is 22.9 Å². The van der Waals surface area contributed by atoms with Crippen LogP contribution in [0, 0.1) is 10.1 Å². The Labute approximate surface area is 110 Å². The third kappa shape index (κ3) is 2.44. The Morgan fingerprint density at radius 2 is 2.28 bits per heavy atom. The van der Waals surface area contributed by atoms with E-state index in [4.69, 9.17) is 11.6 Å². The fourth-order valence-corrected chi connectivity index (χ4v) is 3.78. The molecule has 0 atom stereocenters. The van der Waals surface area contributed by atoms with Crippen LogP contribution in [0.1, 0.15) is 0 Å². The first-order valence-corrected chi connectivity index (χ1v) is 7.04. The van der Waals surface area contributed by atoms with E-state index in [9.17, 15) is 18.5 Å². The van der Waals surface area contributed by atoms with Gasteiger partial charge >= 0.3 is 0 Å². The number of sulfonamides is 1. The molecule has 2 heterocycles. The Bertz CT molecular complexity index is 678. The number of halogens is 1. The molecule has 0 saturated heterocycles. The number of hydrogen-bond acceptors (Lipinski definition) is 6. The average Bonchev–Trinajstić information content (AvgIpc) is 2.86. The third-order valence-electron chi connectivity index (χ3n) is 1.85. The zero-order valence-corrected chi connectivity index (χ0v) is 10.8. The summed E-state index contributed by atoms with van der Waals surface area (Å²) in [7, 11) is -3.91. The van der Waals surface area contributed by atoms with Crippen LogP contribution in [-0.2, 0) is 10.0 Å². The molecule has 0 fully saturated rings. The first-order valence-electron chi connectivity index (χ1n) is 4.36. The highest BCUT2D eigenvalue weighted by atomic mass is 35.5. The molecule has 0 aliphatic rings. The van der Waals surface area contributed by atoms with E-state index in [1.165, 1.54) is 12.3 Å². The van der Waals surface area contributed by atoms with Crippen molar-refractivity contribution in [2.45, 2.75) is 4.21 Å². The van der Waals surface area contributed by atoms with Gasteiger partial charge in [-0.25, -0.2) is 8.42 Å². The van der Waals surface area contributed by atoms with Crippen molar-refractivity contribution in [3.8, 4) is 0 Å². The molecule has 0 unspecified atom stereocenters. The highest BCUT2D eigenvalue weighted by Gasteiger charge is 2.25. The Balaban J connectivity index is 2.36. The van der Waals surface area contributed by atoms with Gasteiger partial charge < -0.3 is 0 Å². The summed E-state index contributed by atoms with van der Waals surface area (Å²) in [5, 5.41) is 16.5. The lowest BCUT2D eigenvalue weighted by Gasteiger charge is -2.01. The van der Waals surface area contributed by atoms with Gasteiger partial charge in [-0.15, -0.1) is 11.3 Å². The number of aromatic amines is 1. The summed E-state index contributed by atoms with van der Waals surface area (Å²) in [4.78, 5) is 9.83. The predicted octanol–water partition coefficient (Wildman–Crippen LogP) is 1.83. The van der Waals surface area contributed by atoms with E-state index in [0.717, 1.165) is 6.07 Å². The second-order valence-electron chi connectivity index (χ2n) is 3.06. The van der Waals surface area contributed by atoms with E-state index >= 15 is 0 Å². The normalized spacial score (nSPS) is 11.4. The van der Waals surface area contributed by atoms with Gasteiger partial charge in [-0.05, 0) is 0 Å². The van der Waals surface area contributed by atoms with Gasteiger partial charge in [0.2, 0.25) is 0 Å². The highest BCUT2D eigenvalue weighted by molar-refractivity contribution is 7.94. The SMILES string of the molecule is O=[N+]([O-])c1cc(S(=O)(=O)Nc2ccn[nH]2)sc1Cl. The van der Waals surface area contributed by atoms with Gasteiger partial charge in [-0.2, -0.15) is 5.10 Å². The number of nitro groups is 1. The molecular weight excluding hydrogens is 304 g/mol. The molecule has 2 aromatic heterocycles. The largest absolute Gasteiger partial charge is 0.300 e. The molecule has 0 amide bonds. The Hall–Kier alpha value is -1.65. The van der Waals surface area contributed by atoms with Gasteiger partial charge in [0, 0.05) is 12.1 Å². The summed E-state index contributed by atoms with van der Waals surface area (Å²) >= 11 is 6.20. The average molecular weight is 309 g/mol. The first-order chi connectivity index (χ1) is 8.40. The Morgan fingerprint density at radius 3 is 2.78 bits per heavy atom. The molecule has 2 aromatic rings. The molecular formula is C7H5ClN4O4S2. The van der Waals surface area contributed by atoms with Gasteiger partial charge in [0.25, 0.3) is 15.7 Å². The fraction of sp³-hybridized carbons (Fsp3) is 0.